The van der Waals surface area contributed by atoms with Crippen molar-refractivity contribution in [3.05, 3.63) is 77.1 Å². The summed E-state index contributed by atoms with van der Waals surface area (Å²) in [5.74, 6) is 0.393. The van der Waals surface area contributed by atoms with Crippen molar-refractivity contribution in [1.82, 2.24) is 4.57 Å². The van der Waals surface area contributed by atoms with Gasteiger partial charge in [-0.25, -0.2) is 0 Å². The Hall–Kier alpha value is -2.72. The first-order valence-electron chi connectivity index (χ1n) is 7.96. The molecule has 5 heteroatoms. The van der Waals surface area contributed by atoms with Crippen molar-refractivity contribution in [1.29, 1.82) is 0 Å². The van der Waals surface area contributed by atoms with Crippen molar-refractivity contribution >= 4 is 23.2 Å². The summed E-state index contributed by atoms with van der Waals surface area (Å²) in [6.45, 7) is 4.08. The van der Waals surface area contributed by atoms with Crippen LogP contribution in [-0.4, -0.2) is 17.1 Å². The molecular formula is C20H19ClN2O2. The zero-order valence-corrected chi connectivity index (χ0v) is 14.9. The second-order valence-corrected chi connectivity index (χ2v) is 6.23. The number of anilines is 1. The van der Waals surface area contributed by atoms with E-state index in [0.717, 1.165) is 11.4 Å². The van der Waals surface area contributed by atoms with Crippen molar-refractivity contribution < 1.29 is 9.53 Å². The molecule has 1 N–H and O–H groups in total. The molecule has 0 spiro atoms. The SMILES string of the molecule is Cc1ccc(C)n1-c1ccc(NC(=O)COc2ccc(Cl)cc2)cc1. The van der Waals surface area contributed by atoms with Gasteiger partial charge in [0.25, 0.3) is 5.91 Å². The van der Waals surface area contributed by atoms with E-state index in [4.69, 9.17) is 16.3 Å². The van der Waals surface area contributed by atoms with E-state index < -0.39 is 0 Å². The van der Waals surface area contributed by atoms with Crippen molar-refractivity contribution in [2.45, 2.75) is 13.8 Å². The van der Waals surface area contributed by atoms with E-state index in [1.54, 1.807) is 24.3 Å². The Kier molecular flexibility index (Phi) is 5.10. The molecule has 0 saturated heterocycles. The highest BCUT2D eigenvalue weighted by molar-refractivity contribution is 6.30. The largest absolute Gasteiger partial charge is 0.484 e. The fourth-order valence-electron chi connectivity index (χ4n) is 2.65. The van der Waals surface area contributed by atoms with Crippen molar-refractivity contribution in [2.75, 3.05) is 11.9 Å². The Morgan fingerprint density at radius 1 is 0.960 bits per heavy atom. The van der Waals surface area contributed by atoms with Crippen molar-refractivity contribution in [3.8, 4) is 11.4 Å². The Bertz CT molecular complexity index is 848. The number of aryl methyl sites for hydroxylation is 2. The Labute approximate surface area is 152 Å². The second-order valence-electron chi connectivity index (χ2n) is 5.79. The molecule has 1 heterocycles. The molecule has 128 valence electrons. The molecule has 0 fully saturated rings. The van der Waals surface area contributed by atoms with Crippen LogP contribution >= 0.6 is 11.6 Å². The van der Waals surface area contributed by atoms with Crippen molar-refractivity contribution in [3.63, 3.8) is 0 Å². The molecule has 0 radical (unpaired) electrons. The van der Waals surface area contributed by atoms with E-state index in [0.29, 0.717) is 10.8 Å². The molecule has 0 saturated carbocycles. The van der Waals surface area contributed by atoms with Crippen LogP contribution in [-0.2, 0) is 4.79 Å². The van der Waals surface area contributed by atoms with Gasteiger partial charge in [0, 0.05) is 27.8 Å². The number of hydrogen-bond donors (Lipinski definition) is 1. The number of nitrogens with zero attached hydrogens (tertiary/aromatic N) is 1. The number of rotatable bonds is 5. The maximum atomic E-state index is 12.0. The number of halogens is 1. The van der Waals surface area contributed by atoms with Gasteiger partial charge in [-0.1, -0.05) is 11.6 Å². The molecule has 2 aromatic carbocycles. The van der Waals surface area contributed by atoms with Crippen LogP contribution in [0.2, 0.25) is 5.02 Å². The monoisotopic (exact) mass is 354 g/mol. The third-order valence-corrected chi connectivity index (χ3v) is 4.12. The molecule has 25 heavy (non-hydrogen) atoms. The molecule has 3 rings (SSSR count). The van der Waals surface area contributed by atoms with Gasteiger partial charge in [-0.3, -0.25) is 4.79 Å². The number of nitrogens with one attached hydrogen (secondary N) is 1. The lowest BCUT2D eigenvalue weighted by Crippen LogP contribution is -2.20. The van der Waals surface area contributed by atoms with Crippen LogP contribution in [0.4, 0.5) is 5.69 Å². The van der Waals surface area contributed by atoms with Crippen LogP contribution in [0.5, 0.6) is 5.75 Å². The minimum absolute atomic E-state index is 0.0563. The minimum Gasteiger partial charge on any atom is -0.484 e. The first-order chi connectivity index (χ1) is 12.0. The van der Waals surface area contributed by atoms with E-state index >= 15 is 0 Å². The normalized spacial score (nSPS) is 10.5. The van der Waals surface area contributed by atoms with Crippen LogP contribution in [0.3, 0.4) is 0 Å². The molecule has 0 aliphatic rings. The lowest BCUT2D eigenvalue weighted by atomic mass is 10.2. The van der Waals surface area contributed by atoms with E-state index in [1.165, 1.54) is 11.4 Å². The number of amides is 1. The Morgan fingerprint density at radius 2 is 1.56 bits per heavy atom. The molecule has 1 amide bonds. The Balaban J connectivity index is 1.59. The van der Waals surface area contributed by atoms with Crippen LogP contribution in [0.15, 0.2) is 60.7 Å². The van der Waals surface area contributed by atoms with Crippen LogP contribution in [0.25, 0.3) is 5.69 Å². The van der Waals surface area contributed by atoms with E-state index in [1.807, 2.05) is 24.3 Å². The van der Waals surface area contributed by atoms with Gasteiger partial charge < -0.3 is 14.6 Å². The summed E-state index contributed by atoms with van der Waals surface area (Å²) in [7, 11) is 0. The fraction of sp³-hybridized carbons (Fsp3) is 0.150. The summed E-state index contributed by atoms with van der Waals surface area (Å²) < 4.78 is 7.60. The zero-order chi connectivity index (χ0) is 17.8. The summed E-state index contributed by atoms with van der Waals surface area (Å²) >= 11 is 5.81. The predicted octanol–water partition coefficient (Wildman–Crippen LogP) is 4.77. The van der Waals surface area contributed by atoms with Crippen molar-refractivity contribution in [2.24, 2.45) is 0 Å². The highest BCUT2D eigenvalue weighted by Crippen LogP contribution is 2.19. The zero-order valence-electron chi connectivity index (χ0n) is 14.1. The average molecular weight is 355 g/mol. The van der Waals surface area contributed by atoms with E-state index in [2.05, 4.69) is 35.9 Å². The first-order valence-corrected chi connectivity index (χ1v) is 8.34. The lowest BCUT2D eigenvalue weighted by molar-refractivity contribution is -0.118. The molecule has 1 aromatic heterocycles. The number of aromatic nitrogens is 1. The fourth-order valence-corrected chi connectivity index (χ4v) is 2.77. The lowest BCUT2D eigenvalue weighted by Gasteiger charge is -2.11. The Morgan fingerprint density at radius 3 is 2.16 bits per heavy atom. The van der Waals surface area contributed by atoms with Gasteiger partial charge in [-0.05, 0) is 74.5 Å². The summed E-state index contributed by atoms with van der Waals surface area (Å²) in [5, 5.41) is 3.46. The quantitative estimate of drug-likeness (QED) is 0.717. The molecule has 0 bridgehead atoms. The first kappa shape index (κ1) is 17.1. The maximum Gasteiger partial charge on any atom is 0.262 e. The summed E-state index contributed by atoms with van der Waals surface area (Å²) in [5.41, 5.74) is 4.14. The standard InChI is InChI=1S/C20H19ClN2O2/c1-14-3-4-15(2)23(14)18-9-7-17(8-10-18)22-20(24)13-25-19-11-5-16(21)6-12-19/h3-12H,13H2,1-2H3,(H,22,24). The van der Waals surface area contributed by atoms with Gasteiger partial charge in [-0.2, -0.15) is 0 Å². The third-order valence-electron chi connectivity index (χ3n) is 3.86. The molecule has 0 atom stereocenters. The predicted molar refractivity (Wildman–Crippen MR) is 101 cm³/mol. The molecule has 0 aliphatic carbocycles. The van der Waals surface area contributed by atoms with Gasteiger partial charge in [0.15, 0.2) is 6.61 Å². The number of ether oxygens (including phenoxy) is 1. The van der Waals surface area contributed by atoms with Gasteiger partial charge in [0.1, 0.15) is 5.75 Å². The number of carbonyl (C=O) groups excluding carboxylic acids is 1. The van der Waals surface area contributed by atoms with Crippen LogP contribution in [0, 0.1) is 13.8 Å². The average Bonchev–Trinajstić information content (AvgIpc) is 2.94. The smallest absolute Gasteiger partial charge is 0.262 e. The summed E-state index contributed by atoms with van der Waals surface area (Å²) in [6, 6.07) is 18.8. The highest BCUT2D eigenvalue weighted by Gasteiger charge is 2.06. The van der Waals surface area contributed by atoms with Crippen LogP contribution < -0.4 is 10.1 Å². The number of hydrogen-bond acceptors (Lipinski definition) is 2. The molecule has 0 aliphatic heterocycles. The minimum atomic E-state index is -0.212. The number of carbonyl (C=O) groups is 1. The van der Waals surface area contributed by atoms with Gasteiger partial charge in [-0.15, -0.1) is 0 Å². The van der Waals surface area contributed by atoms with E-state index in [9.17, 15) is 4.79 Å². The topological polar surface area (TPSA) is 43.3 Å². The third kappa shape index (κ3) is 4.22. The summed E-state index contributed by atoms with van der Waals surface area (Å²) in [6.07, 6.45) is 0. The van der Waals surface area contributed by atoms with Gasteiger partial charge in [0.05, 0.1) is 0 Å². The molecule has 0 unspecified atom stereocenters. The molecule has 4 nitrogen and oxygen atoms in total. The van der Waals surface area contributed by atoms with Gasteiger partial charge >= 0.3 is 0 Å². The summed E-state index contributed by atoms with van der Waals surface area (Å²) in [4.78, 5) is 12.0. The van der Waals surface area contributed by atoms with Crippen LogP contribution in [0.1, 0.15) is 11.4 Å². The second kappa shape index (κ2) is 7.45. The molecule has 3 aromatic rings. The van der Waals surface area contributed by atoms with E-state index in [-0.39, 0.29) is 12.5 Å². The maximum absolute atomic E-state index is 12.0. The number of benzene rings is 2. The molecular weight excluding hydrogens is 336 g/mol. The van der Waals surface area contributed by atoms with Gasteiger partial charge in [0.2, 0.25) is 0 Å². The highest BCUT2D eigenvalue weighted by atomic mass is 35.5.